The van der Waals surface area contributed by atoms with Crippen molar-refractivity contribution >= 4 is 23.3 Å². The largest absolute Gasteiger partial charge is 0.440 e. The van der Waals surface area contributed by atoms with Crippen molar-refractivity contribution in [1.82, 2.24) is 15.3 Å². The SMILES string of the molecule is O=C(NCCNc1cnccn1)c1ccc(Cl)o1. The second-order valence-corrected chi connectivity index (χ2v) is 3.75. The van der Waals surface area contributed by atoms with Crippen LogP contribution < -0.4 is 10.6 Å². The molecule has 1 amide bonds. The number of hydrogen-bond acceptors (Lipinski definition) is 5. The summed E-state index contributed by atoms with van der Waals surface area (Å²) in [5.74, 6) is 0.551. The highest BCUT2D eigenvalue weighted by atomic mass is 35.5. The normalized spacial score (nSPS) is 10.1. The number of amides is 1. The number of nitrogens with one attached hydrogen (secondary N) is 2. The van der Waals surface area contributed by atoms with Crippen LogP contribution in [-0.4, -0.2) is 29.0 Å². The Labute approximate surface area is 108 Å². The monoisotopic (exact) mass is 266 g/mol. The van der Waals surface area contributed by atoms with E-state index < -0.39 is 0 Å². The van der Waals surface area contributed by atoms with Crippen molar-refractivity contribution in [3.63, 3.8) is 0 Å². The Balaban J connectivity index is 1.71. The highest BCUT2D eigenvalue weighted by Crippen LogP contribution is 2.12. The Bertz CT molecular complexity index is 515. The maximum Gasteiger partial charge on any atom is 0.287 e. The minimum atomic E-state index is -0.303. The van der Waals surface area contributed by atoms with Gasteiger partial charge in [0.1, 0.15) is 5.82 Å². The minimum absolute atomic E-state index is 0.192. The molecule has 6 nitrogen and oxygen atoms in total. The van der Waals surface area contributed by atoms with Gasteiger partial charge in [-0.3, -0.25) is 9.78 Å². The summed E-state index contributed by atoms with van der Waals surface area (Å²) in [4.78, 5) is 19.5. The molecule has 0 saturated carbocycles. The van der Waals surface area contributed by atoms with Gasteiger partial charge in [0.25, 0.3) is 5.91 Å². The van der Waals surface area contributed by atoms with E-state index in [9.17, 15) is 4.79 Å². The summed E-state index contributed by atoms with van der Waals surface area (Å²) in [6.07, 6.45) is 4.79. The van der Waals surface area contributed by atoms with E-state index in [1.54, 1.807) is 18.6 Å². The lowest BCUT2D eigenvalue weighted by molar-refractivity contribution is 0.0927. The average Bonchev–Trinajstić information content (AvgIpc) is 2.82. The lowest BCUT2D eigenvalue weighted by atomic mass is 10.4. The van der Waals surface area contributed by atoms with Crippen LogP contribution >= 0.6 is 11.6 Å². The summed E-state index contributed by atoms with van der Waals surface area (Å²) in [7, 11) is 0. The van der Waals surface area contributed by atoms with Crippen LogP contribution in [0.2, 0.25) is 5.22 Å². The second-order valence-electron chi connectivity index (χ2n) is 3.38. The first-order chi connectivity index (χ1) is 8.75. The summed E-state index contributed by atoms with van der Waals surface area (Å²) in [6.45, 7) is 0.979. The Morgan fingerprint density at radius 2 is 2.22 bits per heavy atom. The van der Waals surface area contributed by atoms with Crippen LogP contribution in [0.5, 0.6) is 0 Å². The Morgan fingerprint density at radius 1 is 1.33 bits per heavy atom. The molecule has 7 heteroatoms. The predicted octanol–water partition coefficient (Wildman–Crippen LogP) is 1.56. The van der Waals surface area contributed by atoms with E-state index in [1.165, 1.54) is 12.1 Å². The molecule has 0 spiro atoms. The summed E-state index contributed by atoms with van der Waals surface area (Å²) >= 11 is 5.57. The molecule has 0 aliphatic heterocycles. The number of halogens is 1. The molecule has 0 aromatic carbocycles. The van der Waals surface area contributed by atoms with Gasteiger partial charge in [-0.25, -0.2) is 4.98 Å². The lowest BCUT2D eigenvalue weighted by Gasteiger charge is -2.05. The Hall–Kier alpha value is -2.08. The molecule has 0 saturated heterocycles. The van der Waals surface area contributed by atoms with Crippen LogP contribution in [0.15, 0.2) is 35.1 Å². The highest BCUT2D eigenvalue weighted by Gasteiger charge is 2.09. The highest BCUT2D eigenvalue weighted by molar-refractivity contribution is 6.29. The first kappa shape index (κ1) is 12.4. The molecule has 2 aromatic heterocycles. The van der Waals surface area contributed by atoms with Crippen molar-refractivity contribution in [2.75, 3.05) is 18.4 Å². The summed E-state index contributed by atoms with van der Waals surface area (Å²) in [5.41, 5.74) is 0. The van der Waals surface area contributed by atoms with E-state index in [0.717, 1.165) is 0 Å². The Morgan fingerprint density at radius 3 is 2.89 bits per heavy atom. The maximum absolute atomic E-state index is 11.6. The first-order valence-corrected chi connectivity index (χ1v) is 5.67. The van der Waals surface area contributed by atoms with Gasteiger partial charge in [-0.15, -0.1) is 0 Å². The topological polar surface area (TPSA) is 80.0 Å². The number of carbonyl (C=O) groups is 1. The zero-order chi connectivity index (χ0) is 12.8. The molecule has 2 heterocycles. The van der Waals surface area contributed by atoms with Crippen molar-refractivity contribution < 1.29 is 9.21 Å². The number of nitrogens with zero attached hydrogens (tertiary/aromatic N) is 2. The molecular formula is C11H11ClN4O2. The van der Waals surface area contributed by atoms with Crippen LogP contribution in [0.4, 0.5) is 5.82 Å². The number of furan rings is 1. The van der Waals surface area contributed by atoms with E-state index in [2.05, 4.69) is 20.6 Å². The summed E-state index contributed by atoms with van der Waals surface area (Å²) in [5, 5.41) is 5.88. The molecule has 2 N–H and O–H groups in total. The molecule has 0 aliphatic rings. The van der Waals surface area contributed by atoms with Gasteiger partial charge >= 0.3 is 0 Å². The van der Waals surface area contributed by atoms with Gasteiger partial charge in [0.05, 0.1) is 6.20 Å². The van der Waals surface area contributed by atoms with E-state index in [4.69, 9.17) is 16.0 Å². The van der Waals surface area contributed by atoms with Crippen LogP contribution in [0.1, 0.15) is 10.6 Å². The summed E-state index contributed by atoms with van der Waals surface area (Å²) in [6, 6.07) is 3.04. The van der Waals surface area contributed by atoms with Crippen molar-refractivity contribution in [1.29, 1.82) is 0 Å². The molecule has 0 unspecified atom stereocenters. The third-order valence-corrected chi connectivity index (χ3v) is 2.28. The zero-order valence-electron chi connectivity index (χ0n) is 9.39. The standard InChI is InChI=1S/C11H11ClN4O2/c12-9-2-1-8(18-9)11(17)16-6-5-15-10-7-13-3-4-14-10/h1-4,7H,5-6H2,(H,14,15)(H,16,17). The summed E-state index contributed by atoms with van der Waals surface area (Å²) < 4.78 is 4.97. The van der Waals surface area contributed by atoms with Gasteiger partial charge in [-0.1, -0.05) is 0 Å². The van der Waals surface area contributed by atoms with E-state index in [-0.39, 0.29) is 16.9 Å². The maximum atomic E-state index is 11.6. The first-order valence-electron chi connectivity index (χ1n) is 5.29. The predicted molar refractivity (Wildman–Crippen MR) is 66.6 cm³/mol. The third-order valence-electron chi connectivity index (χ3n) is 2.08. The van der Waals surface area contributed by atoms with Crippen molar-refractivity contribution in [2.45, 2.75) is 0 Å². The third kappa shape index (κ3) is 3.46. The molecule has 0 radical (unpaired) electrons. The van der Waals surface area contributed by atoms with Gasteiger partial charge < -0.3 is 15.1 Å². The van der Waals surface area contributed by atoms with E-state index in [0.29, 0.717) is 18.9 Å². The lowest BCUT2D eigenvalue weighted by Crippen LogP contribution is -2.28. The van der Waals surface area contributed by atoms with Gasteiger partial charge in [0.2, 0.25) is 0 Å². The molecular weight excluding hydrogens is 256 g/mol. The molecule has 94 valence electrons. The smallest absolute Gasteiger partial charge is 0.287 e. The van der Waals surface area contributed by atoms with Crippen LogP contribution in [0, 0.1) is 0 Å². The van der Waals surface area contributed by atoms with Crippen molar-refractivity contribution in [3.05, 3.63) is 41.7 Å². The van der Waals surface area contributed by atoms with E-state index >= 15 is 0 Å². The van der Waals surface area contributed by atoms with Gasteiger partial charge in [-0.2, -0.15) is 0 Å². The van der Waals surface area contributed by atoms with Crippen molar-refractivity contribution in [3.8, 4) is 0 Å². The molecule has 0 aliphatic carbocycles. The molecule has 2 aromatic rings. The number of aromatic nitrogens is 2. The molecule has 18 heavy (non-hydrogen) atoms. The second kappa shape index (κ2) is 6.02. The number of rotatable bonds is 5. The quantitative estimate of drug-likeness (QED) is 0.803. The average molecular weight is 267 g/mol. The zero-order valence-corrected chi connectivity index (χ0v) is 10.1. The van der Waals surface area contributed by atoms with Gasteiger partial charge in [0.15, 0.2) is 11.0 Å². The molecule has 0 fully saturated rings. The fourth-order valence-electron chi connectivity index (χ4n) is 1.28. The van der Waals surface area contributed by atoms with Crippen LogP contribution in [-0.2, 0) is 0 Å². The fraction of sp³-hybridized carbons (Fsp3) is 0.182. The van der Waals surface area contributed by atoms with Crippen LogP contribution in [0.3, 0.4) is 0 Å². The Kier molecular flexibility index (Phi) is 4.14. The minimum Gasteiger partial charge on any atom is -0.440 e. The van der Waals surface area contributed by atoms with Gasteiger partial charge in [-0.05, 0) is 23.7 Å². The molecule has 0 bridgehead atoms. The number of anilines is 1. The molecule has 0 atom stereocenters. The molecule has 2 rings (SSSR count). The van der Waals surface area contributed by atoms with Crippen LogP contribution in [0.25, 0.3) is 0 Å². The van der Waals surface area contributed by atoms with E-state index in [1.807, 2.05) is 0 Å². The number of hydrogen-bond donors (Lipinski definition) is 2. The van der Waals surface area contributed by atoms with Crippen molar-refractivity contribution in [2.24, 2.45) is 0 Å². The fourth-order valence-corrected chi connectivity index (χ4v) is 1.43. The van der Waals surface area contributed by atoms with Gasteiger partial charge in [0, 0.05) is 25.5 Å². The number of carbonyl (C=O) groups excluding carboxylic acids is 1.